The van der Waals surface area contributed by atoms with Crippen LogP contribution < -0.4 is 5.32 Å². The smallest absolute Gasteiger partial charge is 0.0791 e. The molecule has 1 N–H and O–H groups in total. The lowest BCUT2D eigenvalue weighted by Gasteiger charge is -2.31. The van der Waals surface area contributed by atoms with Gasteiger partial charge in [-0.05, 0) is 43.7 Å². The summed E-state index contributed by atoms with van der Waals surface area (Å²) in [4.78, 5) is 7.21. The van der Waals surface area contributed by atoms with Crippen molar-refractivity contribution in [2.75, 3.05) is 26.2 Å². The number of pyridine rings is 1. The highest BCUT2D eigenvalue weighted by atomic mass is 35.5. The lowest BCUT2D eigenvalue weighted by atomic mass is 10.0. The summed E-state index contributed by atoms with van der Waals surface area (Å²) < 4.78 is 0. The van der Waals surface area contributed by atoms with E-state index in [4.69, 9.17) is 28.2 Å². The zero-order valence-corrected chi connectivity index (χ0v) is 14.7. The van der Waals surface area contributed by atoms with Crippen LogP contribution >= 0.6 is 23.2 Å². The van der Waals surface area contributed by atoms with E-state index in [1.54, 1.807) is 0 Å². The van der Waals surface area contributed by atoms with Crippen molar-refractivity contribution in [3.8, 4) is 0 Å². The molecule has 0 bridgehead atoms. The van der Waals surface area contributed by atoms with Crippen molar-refractivity contribution in [3.05, 3.63) is 63.4 Å². The third-order valence-corrected chi connectivity index (χ3v) is 5.04. The molecule has 122 valence electrons. The van der Waals surface area contributed by atoms with E-state index in [0.717, 1.165) is 49.6 Å². The third kappa shape index (κ3) is 3.86. The molecule has 2 heterocycles. The fraction of sp³-hybridized carbons (Fsp3) is 0.389. The van der Waals surface area contributed by atoms with Crippen LogP contribution in [0.3, 0.4) is 0 Å². The van der Waals surface area contributed by atoms with Crippen molar-refractivity contribution in [2.24, 2.45) is 0 Å². The molecule has 0 radical (unpaired) electrons. The average molecular weight is 350 g/mol. The number of rotatable bonds is 3. The molecule has 0 aliphatic carbocycles. The summed E-state index contributed by atoms with van der Waals surface area (Å²) in [5, 5.41) is 4.67. The topological polar surface area (TPSA) is 28.2 Å². The number of aryl methyl sites for hydroxylation is 1. The normalized spacial score (nSPS) is 17.7. The number of nitrogens with zero attached hydrogens (tertiary/aromatic N) is 2. The summed E-state index contributed by atoms with van der Waals surface area (Å²) in [7, 11) is 0. The first-order chi connectivity index (χ1) is 11.2. The maximum Gasteiger partial charge on any atom is 0.0791 e. The molecule has 3 rings (SSSR count). The first-order valence-electron chi connectivity index (χ1n) is 7.99. The Morgan fingerprint density at radius 3 is 2.74 bits per heavy atom. The number of hydrogen-bond donors (Lipinski definition) is 1. The van der Waals surface area contributed by atoms with E-state index >= 15 is 0 Å². The lowest BCUT2D eigenvalue weighted by Crippen LogP contribution is -2.33. The van der Waals surface area contributed by atoms with Gasteiger partial charge in [0.15, 0.2) is 0 Å². The van der Waals surface area contributed by atoms with E-state index in [1.807, 2.05) is 25.1 Å². The molecular weight excluding hydrogens is 329 g/mol. The minimum atomic E-state index is 0.0287. The Balaban J connectivity index is 2.07. The van der Waals surface area contributed by atoms with Gasteiger partial charge in [-0.1, -0.05) is 41.4 Å². The molecule has 23 heavy (non-hydrogen) atoms. The van der Waals surface area contributed by atoms with Gasteiger partial charge in [0.2, 0.25) is 0 Å². The quantitative estimate of drug-likeness (QED) is 0.904. The van der Waals surface area contributed by atoms with Gasteiger partial charge in [0.05, 0.1) is 21.8 Å². The Morgan fingerprint density at radius 1 is 1.09 bits per heavy atom. The first kappa shape index (κ1) is 16.7. The van der Waals surface area contributed by atoms with Crippen molar-refractivity contribution in [1.82, 2.24) is 15.2 Å². The molecule has 3 nitrogen and oxygen atoms in total. The summed E-state index contributed by atoms with van der Waals surface area (Å²) in [6.07, 6.45) is 1.11. The fourth-order valence-electron chi connectivity index (χ4n) is 3.12. The molecule has 1 atom stereocenters. The van der Waals surface area contributed by atoms with E-state index in [2.05, 4.69) is 28.4 Å². The van der Waals surface area contributed by atoms with Crippen LogP contribution in [-0.4, -0.2) is 36.1 Å². The summed E-state index contributed by atoms with van der Waals surface area (Å²) in [5.41, 5.74) is 3.06. The fourth-order valence-corrected chi connectivity index (χ4v) is 3.53. The second-order valence-electron chi connectivity index (χ2n) is 5.89. The van der Waals surface area contributed by atoms with Gasteiger partial charge in [-0.25, -0.2) is 0 Å². The van der Waals surface area contributed by atoms with Crippen molar-refractivity contribution >= 4 is 23.2 Å². The van der Waals surface area contributed by atoms with E-state index < -0.39 is 0 Å². The number of nitrogens with one attached hydrogen (secondary N) is 1. The maximum absolute atomic E-state index is 6.54. The van der Waals surface area contributed by atoms with Gasteiger partial charge in [0.25, 0.3) is 0 Å². The van der Waals surface area contributed by atoms with Crippen LogP contribution in [0.4, 0.5) is 0 Å². The predicted octanol–water partition coefficient (Wildman–Crippen LogP) is 4.08. The van der Waals surface area contributed by atoms with Crippen LogP contribution in [0.15, 0.2) is 36.4 Å². The predicted molar refractivity (Wildman–Crippen MR) is 96.3 cm³/mol. The molecule has 1 unspecified atom stereocenters. The molecule has 1 aliphatic rings. The molecule has 0 spiro atoms. The molecule has 5 heteroatoms. The van der Waals surface area contributed by atoms with Gasteiger partial charge in [-0.15, -0.1) is 0 Å². The SMILES string of the molecule is Cc1cccc(C(c2cccc(Cl)c2Cl)N2CCCNCC2)n1. The summed E-state index contributed by atoms with van der Waals surface area (Å²) in [6, 6.07) is 12.0. The molecule has 1 aromatic carbocycles. The molecular formula is C18H21Cl2N3. The standard InChI is InChI=1S/C18H21Cl2N3/c1-13-5-2-8-16(22-13)18(23-11-4-9-21-10-12-23)14-6-3-7-15(19)17(14)20/h2-3,5-8,18,21H,4,9-12H2,1H3. The zero-order chi connectivity index (χ0) is 16.2. The molecule has 2 aromatic rings. The highest BCUT2D eigenvalue weighted by Gasteiger charge is 2.26. The average Bonchev–Trinajstić information content (AvgIpc) is 2.81. The molecule has 1 aromatic heterocycles. The largest absolute Gasteiger partial charge is 0.315 e. The first-order valence-corrected chi connectivity index (χ1v) is 8.74. The second-order valence-corrected chi connectivity index (χ2v) is 6.67. The highest BCUT2D eigenvalue weighted by molar-refractivity contribution is 6.42. The van der Waals surface area contributed by atoms with Crippen LogP contribution in [0.5, 0.6) is 0 Å². The van der Waals surface area contributed by atoms with Gasteiger partial charge in [0.1, 0.15) is 0 Å². The second kappa shape index (κ2) is 7.63. The highest BCUT2D eigenvalue weighted by Crippen LogP contribution is 2.36. The Labute approximate surface area is 147 Å². The number of aromatic nitrogens is 1. The number of halogens is 2. The van der Waals surface area contributed by atoms with Gasteiger partial charge >= 0.3 is 0 Å². The number of benzene rings is 1. The minimum absolute atomic E-state index is 0.0287. The lowest BCUT2D eigenvalue weighted by molar-refractivity contribution is 0.237. The Kier molecular flexibility index (Phi) is 5.54. The summed E-state index contributed by atoms with van der Waals surface area (Å²) in [6.45, 7) is 6.01. The van der Waals surface area contributed by atoms with Gasteiger partial charge in [-0.2, -0.15) is 0 Å². The van der Waals surface area contributed by atoms with Crippen LogP contribution in [0.2, 0.25) is 10.0 Å². The maximum atomic E-state index is 6.54. The van der Waals surface area contributed by atoms with Gasteiger partial charge in [-0.3, -0.25) is 9.88 Å². The van der Waals surface area contributed by atoms with Crippen LogP contribution in [0.1, 0.15) is 29.4 Å². The van der Waals surface area contributed by atoms with Crippen molar-refractivity contribution in [3.63, 3.8) is 0 Å². The van der Waals surface area contributed by atoms with E-state index in [0.29, 0.717) is 10.0 Å². The van der Waals surface area contributed by atoms with Gasteiger partial charge < -0.3 is 5.32 Å². The molecule has 0 amide bonds. The van der Waals surface area contributed by atoms with E-state index in [1.165, 1.54) is 0 Å². The molecule has 0 saturated carbocycles. The molecule has 1 fully saturated rings. The molecule has 1 aliphatic heterocycles. The van der Waals surface area contributed by atoms with Crippen LogP contribution in [-0.2, 0) is 0 Å². The third-order valence-electron chi connectivity index (χ3n) is 4.21. The summed E-state index contributed by atoms with van der Waals surface area (Å²) in [5.74, 6) is 0. The summed E-state index contributed by atoms with van der Waals surface area (Å²) >= 11 is 12.8. The van der Waals surface area contributed by atoms with Crippen molar-refractivity contribution < 1.29 is 0 Å². The zero-order valence-electron chi connectivity index (χ0n) is 13.2. The number of hydrogen-bond acceptors (Lipinski definition) is 3. The Morgan fingerprint density at radius 2 is 1.91 bits per heavy atom. The van der Waals surface area contributed by atoms with Crippen LogP contribution in [0.25, 0.3) is 0 Å². The van der Waals surface area contributed by atoms with E-state index in [9.17, 15) is 0 Å². The Hall–Kier alpha value is -1.13. The molecule has 1 saturated heterocycles. The van der Waals surface area contributed by atoms with Crippen LogP contribution in [0, 0.1) is 6.92 Å². The van der Waals surface area contributed by atoms with Crippen molar-refractivity contribution in [1.29, 1.82) is 0 Å². The monoisotopic (exact) mass is 349 g/mol. The van der Waals surface area contributed by atoms with Gasteiger partial charge in [0, 0.05) is 25.3 Å². The van der Waals surface area contributed by atoms with Crippen molar-refractivity contribution in [2.45, 2.75) is 19.4 Å². The Bertz CT molecular complexity index is 667. The minimum Gasteiger partial charge on any atom is -0.315 e. The van der Waals surface area contributed by atoms with E-state index in [-0.39, 0.29) is 6.04 Å².